The molecule has 41 heavy (non-hydrogen) atoms. The summed E-state index contributed by atoms with van der Waals surface area (Å²) in [5.74, 6) is 0.779. The van der Waals surface area contributed by atoms with Gasteiger partial charge in [0.15, 0.2) is 0 Å². The average molecular weight is 549 g/mol. The van der Waals surface area contributed by atoms with Crippen molar-refractivity contribution in [2.45, 2.75) is 50.3 Å². The van der Waals surface area contributed by atoms with Crippen molar-refractivity contribution in [1.82, 2.24) is 15.3 Å². The minimum Gasteiger partial charge on any atom is -0.490 e. The number of ether oxygens (including phenoxy) is 1. The number of halogens is 1. The minimum atomic E-state index is -0.527. The molecule has 3 fully saturated rings. The summed E-state index contributed by atoms with van der Waals surface area (Å²) in [5.41, 5.74) is 7.76. The predicted molar refractivity (Wildman–Crippen MR) is 153 cm³/mol. The van der Waals surface area contributed by atoms with Crippen molar-refractivity contribution >= 4 is 23.1 Å². The third kappa shape index (κ3) is 4.69. The first-order valence-corrected chi connectivity index (χ1v) is 14.0. The maximum absolute atomic E-state index is 15.0. The van der Waals surface area contributed by atoms with Crippen LogP contribution in [0.2, 0.25) is 0 Å². The fourth-order valence-electron chi connectivity index (χ4n) is 5.91. The number of hydrazone groups is 1. The van der Waals surface area contributed by atoms with E-state index >= 15 is 4.39 Å². The number of pyridine rings is 1. The molecule has 2 aromatic carbocycles. The summed E-state index contributed by atoms with van der Waals surface area (Å²) >= 11 is 0. The Morgan fingerprint density at radius 1 is 1.12 bits per heavy atom. The first-order valence-electron chi connectivity index (χ1n) is 14.0. The van der Waals surface area contributed by atoms with Gasteiger partial charge in [-0.15, -0.1) is 0 Å². The number of piperazine rings is 1. The third-order valence-electron chi connectivity index (χ3n) is 8.48. The molecule has 4 aliphatic rings. The number of fused-ring (bicyclic) bond motifs is 2. The van der Waals surface area contributed by atoms with Crippen LogP contribution in [0.25, 0.3) is 5.70 Å². The lowest BCUT2D eigenvalue weighted by atomic mass is 9.93. The van der Waals surface area contributed by atoms with Gasteiger partial charge < -0.3 is 14.5 Å². The summed E-state index contributed by atoms with van der Waals surface area (Å²) in [7, 11) is 0. The second-order valence-corrected chi connectivity index (χ2v) is 11.1. The Labute approximate surface area is 237 Å². The van der Waals surface area contributed by atoms with Crippen LogP contribution in [0.5, 0.6) is 5.75 Å². The minimum absolute atomic E-state index is 0.00986. The number of carbonyl (C=O) groups excluding carboxylic acids is 1. The van der Waals surface area contributed by atoms with Gasteiger partial charge in [0.25, 0.3) is 5.91 Å². The molecule has 7 rings (SSSR count). The number of aromatic nitrogens is 1. The van der Waals surface area contributed by atoms with Crippen molar-refractivity contribution in [2.75, 3.05) is 18.0 Å². The van der Waals surface area contributed by atoms with Gasteiger partial charge in [0.05, 0.1) is 40.7 Å². The summed E-state index contributed by atoms with van der Waals surface area (Å²) < 4.78 is 21.2. The summed E-state index contributed by atoms with van der Waals surface area (Å²) in [6.07, 6.45) is 6.39. The fourth-order valence-corrected chi connectivity index (χ4v) is 5.91. The second-order valence-electron chi connectivity index (χ2n) is 11.1. The first-order chi connectivity index (χ1) is 20.0. The molecule has 8 nitrogen and oxygen atoms in total. The Hall–Kier alpha value is -4.71. The van der Waals surface area contributed by atoms with E-state index < -0.39 is 5.82 Å². The number of nitriles is 1. The van der Waals surface area contributed by atoms with E-state index in [4.69, 9.17) is 10.00 Å². The third-order valence-corrected chi connectivity index (χ3v) is 8.48. The largest absolute Gasteiger partial charge is 0.490 e. The SMILES string of the molecule is C=C1NN=C(Cc2ccc(F)c(C(=O)N3CCN(c4ccc(C#N)cn4)[C@H]4C[C@H]43)c2)c2cc(OC3CCC3)ccc21. The molecule has 0 radical (unpaired) electrons. The van der Waals surface area contributed by atoms with Gasteiger partial charge in [0.2, 0.25) is 0 Å². The number of amides is 1. The van der Waals surface area contributed by atoms with Crippen molar-refractivity contribution in [1.29, 1.82) is 5.26 Å². The molecule has 206 valence electrons. The van der Waals surface area contributed by atoms with Gasteiger partial charge in [-0.25, -0.2) is 9.37 Å². The molecular formula is C32H29FN6O2. The molecule has 2 saturated carbocycles. The number of hydrogen-bond donors (Lipinski definition) is 1. The monoisotopic (exact) mass is 548 g/mol. The second kappa shape index (κ2) is 10.0. The van der Waals surface area contributed by atoms with Crippen LogP contribution < -0.4 is 15.1 Å². The molecule has 9 heteroatoms. The Balaban J connectivity index is 1.08. The van der Waals surface area contributed by atoms with Crippen LogP contribution in [0, 0.1) is 17.1 Å². The molecule has 1 N–H and O–H groups in total. The van der Waals surface area contributed by atoms with Gasteiger partial charge in [0, 0.05) is 36.8 Å². The smallest absolute Gasteiger partial charge is 0.257 e. The number of carbonyl (C=O) groups is 1. The summed E-state index contributed by atoms with van der Waals surface area (Å²) in [5, 5.41) is 13.6. The zero-order valence-corrected chi connectivity index (χ0v) is 22.5. The molecular weight excluding hydrogens is 519 g/mol. The van der Waals surface area contributed by atoms with Crippen LogP contribution in [-0.4, -0.2) is 52.8 Å². The maximum atomic E-state index is 15.0. The average Bonchev–Trinajstić information content (AvgIpc) is 3.78. The number of nitrogens with one attached hydrogen (secondary N) is 1. The van der Waals surface area contributed by atoms with Crippen LogP contribution in [0.15, 0.2) is 66.4 Å². The molecule has 2 aliphatic heterocycles. The van der Waals surface area contributed by atoms with E-state index in [1.807, 2.05) is 24.3 Å². The van der Waals surface area contributed by atoms with Gasteiger partial charge in [-0.1, -0.05) is 12.6 Å². The number of rotatable bonds is 6. The molecule has 2 atom stereocenters. The maximum Gasteiger partial charge on any atom is 0.257 e. The quantitative estimate of drug-likeness (QED) is 0.482. The predicted octanol–water partition coefficient (Wildman–Crippen LogP) is 4.65. The van der Waals surface area contributed by atoms with E-state index in [0.29, 0.717) is 30.8 Å². The molecule has 0 unspecified atom stereocenters. The Kier molecular flexibility index (Phi) is 6.19. The normalized spacial score (nSPS) is 21.1. The van der Waals surface area contributed by atoms with E-state index in [1.54, 1.807) is 29.3 Å². The number of nitrogens with zero attached hydrogens (tertiary/aromatic N) is 5. The van der Waals surface area contributed by atoms with Crippen molar-refractivity contribution in [2.24, 2.45) is 5.10 Å². The lowest BCUT2D eigenvalue weighted by Gasteiger charge is -2.35. The molecule has 3 heterocycles. The molecule has 2 aliphatic carbocycles. The topological polar surface area (TPSA) is 93.9 Å². The Bertz CT molecular complexity index is 1620. The van der Waals surface area contributed by atoms with Gasteiger partial charge in [0.1, 0.15) is 23.5 Å². The van der Waals surface area contributed by atoms with Crippen molar-refractivity contribution in [3.05, 3.63) is 94.9 Å². The summed E-state index contributed by atoms with van der Waals surface area (Å²) in [6, 6.07) is 16.5. The van der Waals surface area contributed by atoms with Crippen molar-refractivity contribution in [3.63, 3.8) is 0 Å². The van der Waals surface area contributed by atoms with E-state index in [2.05, 4.69) is 33.1 Å². The number of benzene rings is 2. The number of hydrogen-bond acceptors (Lipinski definition) is 7. The van der Waals surface area contributed by atoms with Gasteiger partial charge in [-0.2, -0.15) is 10.4 Å². The molecule has 1 amide bonds. The first kappa shape index (κ1) is 25.3. The van der Waals surface area contributed by atoms with Crippen molar-refractivity contribution in [3.8, 4) is 11.8 Å². The number of anilines is 1. The summed E-state index contributed by atoms with van der Waals surface area (Å²) in [4.78, 5) is 22.0. The highest BCUT2D eigenvalue weighted by Crippen LogP contribution is 2.40. The standard InChI is InChI=1S/C32H29FN6O2/c1-19-24-8-7-23(41-22-3-2-4-22)15-25(24)28(37-36-19)14-20-5-9-27(33)26(13-20)32(40)39-12-11-38(29-16-30(29)39)31-10-6-21(17-34)18-35-31/h5-10,13,15,18,22,29-30,36H,1-4,11-12,14,16H2/t29-,30+/m0/s1. The van der Waals surface area contributed by atoms with E-state index in [-0.39, 0.29) is 29.7 Å². The van der Waals surface area contributed by atoms with Crippen LogP contribution in [0.1, 0.15) is 58.3 Å². The molecule has 1 saturated heterocycles. The summed E-state index contributed by atoms with van der Waals surface area (Å²) in [6.45, 7) is 5.15. The molecule has 0 spiro atoms. The van der Waals surface area contributed by atoms with Crippen LogP contribution in [0.4, 0.5) is 10.2 Å². The zero-order valence-electron chi connectivity index (χ0n) is 22.5. The van der Waals surface area contributed by atoms with Crippen LogP contribution >= 0.6 is 0 Å². The van der Waals surface area contributed by atoms with Gasteiger partial charge in [-0.3, -0.25) is 10.2 Å². The highest BCUT2D eigenvalue weighted by atomic mass is 19.1. The fraction of sp³-hybridized carbons (Fsp3) is 0.312. The Morgan fingerprint density at radius 2 is 2.00 bits per heavy atom. The lowest BCUT2D eigenvalue weighted by molar-refractivity contribution is 0.0724. The van der Waals surface area contributed by atoms with Gasteiger partial charge >= 0.3 is 0 Å². The van der Waals surface area contributed by atoms with E-state index in [1.165, 1.54) is 12.5 Å². The zero-order chi connectivity index (χ0) is 28.1. The highest BCUT2D eigenvalue weighted by Gasteiger charge is 2.51. The highest BCUT2D eigenvalue weighted by molar-refractivity contribution is 6.07. The molecule has 1 aromatic heterocycles. The van der Waals surface area contributed by atoms with E-state index in [0.717, 1.165) is 53.2 Å². The lowest BCUT2D eigenvalue weighted by Crippen LogP contribution is -2.49. The van der Waals surface area contributed by atoms with Gasteiger partial charge in [-0.05, 0) is 73.7 Å². The Morgan fingerprint density at radius 3 is 2.76 bits per heavy atom. The molecule has 3 aromatic rings. The van der Waals surface area contributed by atoms with Crippen LogP contribution in [0.3, 0.4) is 0 Å². The van der Waals surface area contributed by atoms with E-state index in [9.17, 15) is 4.79 Å². The molecule has 0 bridgehead atoms. The van der Waals surface area contributed by atoms with Crippen LogP contribution in [-0.2, 0) is 6.42 Å². The van der Waals surface area contributed by atoms with Crippen molar-refractivity contribution < 1.29 is 13.9 Å².